The Kier molecular flexibility index (Phi) is 6.78. The van der Waals surface area contributed by atoms with E-state index in [1.54, 1.807) is 24.3 Å². The summed E-state index contributed by atoms with van der Waals surface area (Å²) in [5.41, 5.74) is 1.85. The number of hydrogen-bond acceptors (Lipinski definition) is 8. The molecule has 0 radical (unpaired) electrons. The van der Waals surface area contributed by atoms with Crippen LogP contribution in [0.2, 0.25) is 0 Å². The van der Waals surface area contributed by atoms with E-state index in [0.717, 1.165) is 11.1 Å². The fourth-order valence-corrected chi connectivity index (χ4v) is 7.25. The van der Waals surface area contributed by atoms with Gasteiger partial charge in [0.05, 0.1) is 9.79 Å². The second kappa shape index (κ2) is 8.76. The fraction of sp³-hybridized carbons (Fsp3) is 0.333. The second-order valence-electron chi connectivity index (χ2n) is 6.37. The number of rotatable bonds is 6. The summed E-state index contributed by atoms with van der Waals surface area (Å²) in [6, 6.07) is 12.6. The molecule has 0 N–H and O–H groups in total. The van der Waals surface area contributed by atoms with Gasteiger partial charge in [0, 0.05) is 11.5 Å². The van der Waals surface area contributed by atoms with E-state index in [9.17, 15) is 16.8 Å². The Balaban J connectivity index is 1.78. The summed E-state index contributed by atoms with van der Waals surface area (Å²) in [6.45, 7) is 3.71. The van der Waals surface area contributed by atoms with Gasteiger partial charge in [-0.25, -0.2) is 0 Å². The van der Waals surface area contributed by atoms with E-state index < -0.39 is 32.4 Å². The first kappa shape index (κ1) is 21.7. The maximum absolute atomic E-state index is 12.6. The summed E-state index contributed by atoms with van der Waals surface area (Å²) >= 11 is 0. The second-order valence-corrected chi connectivity index (χ2v) is 12.1. The normalized spacial score (nSPS) is 20.8. The maximum Gasteiger partial charge on any atom is 0.297 e. The third-order valence-electron chi connectivity index (χ3n) is 4.08. The molecule has 152 valence electrons. The number of hydrogen-bond donors (Lipinski definition) is 0. The fourth-order valence-electron chi connectivity index (χ4n) is 2.47. The van der Waals surface area contributed by atoms with Crippen LogP contribution < -0.4 is 0 Å². The molecule has 1 heterocycles. The Hall–Kier alpha value is -1.04. The Morgan fingerprint density at radius 3 is 1.32 bits per heavy atom. The van der Waals surface area contributed by atoms with E-state index >= 15 is 0 Å². The zero-order valence-electron chi connectivity index (χ0n) is 15.3. The van der Waals surface area contributed by atoms with E-state index in [-0.39, 0.29) is 9.79 Å². The molecule has 2 atom stereocenters. The molecule has 0 aromatic heterocycles. The van der Waals surface area contributed by atoms with Crippen LogP contribution in [0.5, 0.6) is 0 Å². The van der Waals surface area contributed by atoms with Crippen LogP contribution in [0.15, 0.2) is 58.3 Å². The highest BCUT2D eigenvalue weighted by Crippen LogP contribution is 2.35. The molecular weight excluding hydrogens is 440 g/mol. The summed E-state index contributed by atoms with van der Waals surface area (Å²) in [5, 5.41) is 0. The summed E-state index contributed by atoms with van der Waals surface area (Å²) in [5.74, 6) is 0.591. The monoisotopic (exact) mass is 460 g/mol. The van der Waals surface area contributed by atoms with Gasteiger partial charge in [0.25, 0.3) is 20.2 Å². The minimum atomic E-state index is -4.03. The SMILES string of the molecule is Cc1ccc(S(=O)(=O)O[C@@H]2CSSC[C@H]2OS(=O)(=O)c2ccc(C)cc2)cc1. The number of aryl methyl sites for hydroxylation is 2. The Labute approximate surface area is 173 Å². The van der Waals surface area contributed by atoms with Crippen molar-refractivity contribution < 1.29 is 25.2 Å². The average molecular weight is 461 g/mol. The smallest absolute Gasteiger partial charge is 0.259 e. The molecule has 0 bridgehead atoms. The van der Waals surface area contributed by atoms with Crippen molar-refractivity contribution in [2.24, 2.45) is 0 Å². The van der Waals surface area contributed by atoms with E-state index in [2.05, 4.69) is 0 Å². The molecule has 3 rings (SSSR count). The van der Waals surface area contributed by atoms with Gasteiger partial charge in [-0.05, 0) is 38.1 Å². The van der Waals surface area contributed by atoms with Crippen molar-refractivity contribution in [3.8, 4) is 0 Å². The maximum atomic E-state index is 12.6. The van der Waals surface area contributed by atoms with E-state index in [1.807, 2.05) is 13.8 Å². The van der Waals surface area contributed by atoms with Crippen molar-refractivity contribution in [3.63, 3.8) is 0 Å². The molecule has 1 fully saturated rings. The van der Waals surface area contributed by atoms with Gasteiger partial charge in [-0.1, -0.05) is 57.0 Å². The van der Waals surface area contributed by atoms with Crippen molar-refractivity contribution in [3.05, 3.63) is 59.7 Å². The van der Waals surface area contributed by atoms with Gasteiger partial charge in [-0.2, -0.15) is 16.8 Å². The van der Waals surface area contributed by atoms with Gasteiger partial charge in [0.2, 0.25) is 0 Å². The van der Waals surface area contributed by atoms with E-state index in [4.69, 9.17) is 8.37 Å². The van der Waals surface area contributed by atoms with Crippen LogP contribution >= 0.6 is 21.6 Å². The third kappa shape index (κ3) is 5.31. The van der Waals surface area contributed by atoms with Crippen LogP contribution in [0, 0.1) is 13.8 Å². The highest BCUT2D eigenvalue weighted by atomic mass is 33.1. The lowest BCUT2D eigenvalue weighted by Gasteiger charge is -2.29. The summed E-state index contributed by atoms with van der Waals surface area (Å²) in [4.78, 5) is 0.0583. The van der Waals surface area contributed by atoms with Crippen molar-refractivity contribution >= 4 is 41.8 Å². The molecule has 0 saturated carbocycles. The van der Waals surface area contributed by atoms with Crippen LogP contribution in [-0.2, 0) is 28.6 Å². The first-order valence-electron chi connectivity index (χ1n) is 8.42. The highest BCUT2D eigenvalue weighted by molar-refractivity contribution is 8.76. The topological polar surface area (TPSA) is 86.7 Å². The molecule has 2 aromatic carbocycles. The highest BCUT2D eigenvalue weighted by Gasteiger charge is 2.36. The Bertz CT molecular complexity index is 929. The van der Waals surface area contributed by atoms with Crippen LogP contribution in [-0.4, -0.2) is 40.5 Å². The van der Waals surface area contributed by atoms with Gasteiger partial charge in [-0.15, -0.1) is 0 Å². The average Bonchev–Trinajstić information content (AvgIpc) is 2.64. The third-order valence-corrected chi connectivity index (χ3v) is 9.20. The molecule has 1 saturated heterocycles. The van der Waals surface area contributed by atoms with Gasteiger partial charge in [0.1, 0.15) is 12.2 Å². The van der Waals surface area contributed by atoms with Gasteiger partial charge in [-0.3, -0.25) is 8.37 Å². The van der Waals surface area contributed by atoms with Crippen LogP contribution in [0.25, 0.3) is 0 Å². The van der Waals surface area contributed by atoms with Gasteiger partial charge in [0.15, 0.2) is 0 Å². The van der Waals surface area contributed by atoms with Crippen molar-refractivity contribution in [1.82, 2.24) is 0 Å². The van der Waals surface area contributed by atoms with Gasteiger partial charge >= 0.3 is 0 Å². The minimum absolute atomic E-state index is 0.0291. The molecule has 1 aliphatic heterocycles. The molecule has 0 unspecified atom stereocenters. The largest absolute Gasteiger partial charge is 0.297 e. The van der Waals surface area contributed by atoms with Gasteiger partial charge < -0.3 is 0 Å². The summed E-state index contributed by atoms with van der Waals surface area (Å²) < 4.78 is 61.1. The van der Waals surface area contributed by atoms with E-state index in [1.165, 1.54) is 45.9 Å². The lowest BCUT2D eigenvalue weighted by Crippen LogP contribution is -2.40. The van der Waals surface area contributed by atoms with E-state index in [0.29, 0.717) is 11.5 Å². The molecular formula is C18H20O6S4. The quantitative estimate of drug-likeness (QED) is 0.478. The predicted molar refractivity (Wildman–Crippen MR) is 111 cm³/mol. The zero-order valence-corrected chi connectivity index (χ0v) is 18.5. The minimum Gasteiger partial charge on any atom is -0.259 e. The van der Waals surface area contributed by atoms with Crippen molar-refractivity contribution in [2.45, 2.75) is 35.8 Å². The molecule has 2 aromatic rings. The van der Waals surface area contributed by atoms with Crippen LogP contribution in [0.4, 0.5) is 0 Å². The molecule has 1 aliphatic rings. The summed E-state index contributed by atoms with van der Waals surface area (Å²) in [7, 11) is -5.22. The number of benzene rings is 2. The standard InChI is InChI=1S/C18H20O6S4/c1-13-3-7-15(8-4-13)27(19,20)23-17-11-25-26-12-18(17)24-28(21,22)16-9-5-14(2)6-10-16/h3-10,17-18H,11-12H2,1-2H3/t17-,18-/m1/s1. The molecule has 0 aliphatic carbocycles. The molecule has 6 nitrogen and oxygen atoms in total. The van der Waals surface area contributed by atoms with Crippen molar-refractivity contribution in [1.29, 1.82) is 0 Å². The lowest BCUT2D eigenvalue weighted by molar-refractivity contribution is 0.0926. The first-order chi connectivity index (χ1) is 13.2. The Morgan fingerprint density at radius 1 is 0.679 bits per heavy atom. The first-order valence-corrected chi connectivity index (χ1v) is 13.7. The van der Waals surface area contributed by atoms with Crippen LogP contribution in [0.3, 0.4) is 0 Å². The predicted octanol–water partition coefficient (Wildman–Crippen LogP) is 3.55. The Morgan fingerprint density at radius 2 is 1.00 bits per heavy atom. The molecule has 0 amide bonds. The lowest BCUT2D eigenvalue weighted by atomic mass is 10.2. The summed E-state index contributed by atoms with van der Waals surface area (Å²) in [6.07, 6.45) is -1.81. The van der Waals surface area contributed by atoms with Crippen LogP contribution in [0.1, 0.15) is 11.1 Å². The molecule has 10 heteroatoms. The molecule has 0 spiro atoms. The zero-order chi connectivity index (χ0) is 20.4. The molecule has 28 heavy (non-hydrogen) atoms. The van der Waals surface area contributed by atoms with Crippen molar-refractivity contribution in [2.75, 3.05) is 11.5 Å².